The number of methoxy groups -OCH3 is 1. The lowest BCUT2D eigenvalue weighted by molar-refractivity contribution is 0.0882. The minimum absolute atomic E-state index is 0.160. The van der Waals surface area contributed by atoms with Gasteiger partial charge in [-0.05, 0) is 41.9 Å². The van der Waals surface area contributed by atoms with Crippen molar-refractivity contribution in [1.82, 2.24) is 9.55 Å². The highest BCUT2D eigenvalue weighted by atomic mass is 28.3. The molecule has 0 aliphatic rings. The van der Waals surface area contributed by atoms with Gasteiger partial charge in [-0.3, -0.25) is 0 Å². The molecule has 2 aromatic carbocycles. The normalized spacial score (nSPS) is 11.3. The number of ether oxygens (including phenoxy) is 3. The molecule has 1 radical (unpaired) electrons. The maximum atomic E-state index is 12.9. The lowest BCUT2D eigenvalue weighted by Gasteiger charge is -2.16. The molecule has 0 aliphatic carbocycles. The zero-order chi connectivity index (χ0) is 23.8. The number of rotatable bonds is 11. The second kappa shape index (κ2) is 11.2. The van der Waals surface area contributed by atoms with Gasteiger partial charge in [-0.1, -0.05) is 37.8 Å². The standard InChI is InChI=1S/C25H29F2N2O3Si/c1-30-21-11-9-19(10-12-21)17-32-23-8-6-5-7-22(23)25-28-20(15-24(26)27)16-29(25)18-31-13-14-33(2,3)4/h5,7-12,15-16H,13-14,17-18H2,1-4H3. The van der Waals surface area contributed by atoms with Crippen molar-refractivity contribution in [3.8, 4) is 22.9 Å². The molecule has 0 saturated heterocycles. The van der Waals surface area contributed by atoms with Crippen molar-refractivity contribution in [2.75, 3.05) is 13.7 Å². The Morgan fingerprint density at radius 1 is 1.15 bits per heavy atom. The van der Waals surface area contributed by atoms with E-state index >= 15 is 0 Å². The van der Waals surface area contributed by atoms with Crippen LogP contribution in [-0.4, -0.2) is 31.3 Å². The largest absolute Gasteiger partial charge is 0.497 e. The fourth-order valence-corrected chi connectivity index (χ4v) is 3.83. The number of imidazole rings is 1. The van der Waals surface area contributed by atoms with Crippen molar-refractivity contribution in [2.24, 2.45) is 0 Å². The summed E-state index contributed by atoms with van der Waals surface area (Å²) in [5.41, 5.74) is 1.80. The summed E-state index contributed by atoms with van der Waals surface area (Å²) in [5, 5.41) is 0. The van der Waals surface area contributed by atoms with E-state index in [1.165, 1.54) is 0 Å². The molecule has 175 valence electrons. The Kier molecular flexibility index (Phi) is 8.41. The van der Waals surface area contributed by atoms with Crippen LogP contribution in [-0.2, 0) is 18.1 Å². The highest BCUT2D eigenvalue weighted by Crippen LogP contribution is 2.30. The van der Waals surface area contributed by atoms with E-state index < -0.39 is 14.2 Å². The van der Waals surface area contributed by atoms with Crippen LogP contribution in [0.1, 0.15) is 11.3 Å². The van der Waals surface area contributed by atoms with Gasteiger partial charge in [0.1, 0.15) is 30.7 Å². The summed E-state index contributed by atoms with van der Waals surface area (Å²) in [7, 11) is 0.380. The van der Waals surface area contributed by atoms with E-state index in [0.29, 0.717) is 30.4 Å². The number of halogens is 2. The van der Waals surface area contributed by atoms with Gasteiger partial charge in [-0.15, -0.1) is 0 Å². The van der Waals surface area contributed by atoms with E-state index in [2.05, 4.69) is 30.7 Å². The first kappa shape index (κ1) is 24.7. The average Bonchev–Trinajstić information content (AvgIpc) is 3.16. The third-order valence-electron chi connectivity index (χ3n) is 4.90. The van der Waals surface area contributed by atoms with E-state index in [0.717, 1.165) is 23.4 Å². The van der Waals surface area contributed by atoms with Gasteiger partial charge in [0.05, 0.1) is 18.4 Å². The lowest BCUT2D eigenvalue weighted by Crippen LogP contribution is -2.22. The van der Waals surface area contributed by atoms with E-state index in [9.17, 15) is 8.78 Å². The maximum Gasteiger partial charge on any atom is 0.272 e. The third kappa shape index (κ3) is 7.54. The minimum Gasteiger partial charge on any atom is -0.497 e. The van der Waals surface area contributed by atoms with Gasteiger partial charge < -0.3 is 18.8 Å². The van der Waals surface area contributed by atoms with E-state index in [1.807, 2.05) is 30.3 Å². The molecular weight excluding hydrogens is 442 g/mol. The molecule has 0 fully saturated rings. The summed E-state index contributed by atoms with van der Waals surface area (Å²) in [6.07, 6.45) is 0.505. The maximum absolute atomic E-state index is 12.9. The first-order chi connectivity index (χ1) is 15.7. The molecule has 0 aliphatic heterocycles. The first-order valence-corrected chi connectivity index (χ1v) is 14.4. The Morgan fingerprint density at radius 2 is 1.91 bits per heavy atom. The highest BCUT2D eigenvalue weighted by Gasteiger charge is 2.16. The molecule has 5 nitrogen and oxygen atoms in total. The molecule has 0 spiro atoms. The van der Waals surface area contributed by atoms with Crippen LogP contribution in [0.25, 0.3) is 17.5 Å². The van der Waals surface area contributed by atoms with Crippen molar-refractivity contribution in [1.29, 1.82) is 0 Å². The van der Waals surface area contributed by atoms with Crippen molar-refractivity contribution in [3.63, 3.8) is 0 Å². The molecule has 3 aromatic rings. The fraction of sp³-hybridized carbons (Fsp3) is 0.320. The molecule has 1 heterocycles. The molecule has 0 unspecified atom stereocenters. The van der Waals surface area contributed by atoms with Gasteiger partial charge in [0, 0.05) is 27.0 Å². The van der Waals surface area contributed by atoms with Gasteiger partial charge in [-0.2, -0.15) is 8.78 Å². The van der Waals surface area contributed by atoms with E-state index in [1.54, 1.807) is 30.0 Å². The third-order valence-corrected chi connectivity index (χ3v) is 6.60. The SMILES string of the molecule is COc1ccc(COc2c[c]ccc2-c2nc(C=C(F)F)cn2COCC[Si](C)(C)C)cc1. The second-order valence-electron chi connectivity index (χ2n) is 8.80. The zero-order valence-corrected chi connectivity index (χ0v) is 20.4. The van der Waals surface area contributed by atoms with Crippen LogP contribution in [0.4, 0.5) is 8.78 Å². The lowest BCUT2D eigenvalue weighted by atomic mass is 10.2. The first-order valence-electron chi connectivity index (χ1n) is 10.7. The van der Waals surface area contributed by atoms with Crippen molar-refractivity contribution < 1.29 is 23.0 Å². The molecule has 3 rings (SSSR count). The average molecular weight is 472 g/mol. The van der Waals surface area contributed by atoms with Gasteiger partial charge in [0.2, 0.25) is 0 Å². The quantitative estimate of drug-likeness (QED) is 0.237. The second-order valence-corrected chi connectivity index (χ2v) is 14.4. The highest BCUT2D eigenvalue weighted by molar-refractivity contribution is 6.76. The number of hydrogen-bond acceptors (Lipinski definition) is 4. The Hall–Kier alpha value is -2.97. The summed E-state index contributed by atoms with van der Waals surface area (Å²) < 4.78 is 44.6. The van der Waals surface area contributed by atoms with Crippen molar-refractivity contribution in [3.05, 3.63) is 72.1 Å². The monoisotopic (exact) mass is 471 g/mol. The summed E-state index contributed by atoms with van der Waals surface area (Å²) in [5.74, 6) is 1.82. The summed E-state index contributed by atoms with van der Waals surface area (Å²) >= 11 is 0. The predicted molar refractivity (Wildman–Crippen MR) is 128 cm³/mol. The number of benzene rings is 2. The molecule has 0 bridgehead atoms. The summed E-state index contributed by atoms with van der Waals surface area (Å²) in [6, 6.07) is 16.9. The predicted octanol–water partition coefficient (Wildman–Crippen LogP) is 6.49. The van der Waals surface area contributed by atoms with Gasteiger partial charge in [0.15, 0.2) is 0 Å². The van der Waals surface area contributed by atoms with Crippen LogP contribution in [0.5, 0.6) is 11.5 Å². The Bertz CT molecular complexity index is 1070. The number of hydrogen-bond donors (Lipinski definition) is 0. The minimum atomic E-state index is -1.80. The van der Waals surface area contributed by atoms with Crippen LogP contribution < -0.4 is 9.47 Å². The Labute approximate surface area is 194 Å². The topological polar surface area (TPSA) is 45.5 Å². The van der Waals surface area contributed by atoms with Crippen molar-refractivity contribution >= 4 is 14.1 Å². The molecule has 0 saturated carbocycles. The van der Waals surface area contributed by atoms with E-state index in [4.69, 9.17) is 14.2 Å². The van der Waals surface area contributed by atoms with Crippen LogP contribution in [0.2, 0.25) is 25.7 Å². The Morgan fingerprint density at radius 3 is 2.58 bits per heavy atom. The number of nitrogens with zero attached hydrogens (tertiary/aromatic N) is 2. The van der Waals surface area contributed by atoms with Gasteiger partial charge in [0.25, 0.3) is 6.08 Å². The van der Waals surface area contributed by atoms with E-state index in [-0.39, 0.29) is 12.4 Å². The molecule has 1 aromatic heterocycles. The van der Waals surface area contributed by atoms with Crippen LogP contribution in [0, 0.1) is 6.07 Å². The fourth-order valence-electron chi connectivity index (χ4n) is 3.07. The van der Waals surface area contributed by atoms with Gasteiger partial charge >= 0.3 is 0 Å². The van der Waals surface area contributed by atoms with Crippen LogP contribution >= 0.6 is 0 Å². The van der Waals surface area contributed by atoms with Gasteiger partial charge in [-0.25, -0.2) is 4.98 Å². The Balaban J connectivity index is 1.82. The summed E-state index contributed by atoms with van der Waals surface area (Å²) in [6.45, 7) is 7.98. The summed E-state index contributed by atoms with van der Waals surface area (Å²) in [4.78, 5) is 4.41. The number of aromatic nitrogens is 2. The molecule has 0 N–H and O–H groups in total. The molecule has 0 atom stereocenters. The molecular formula is C25H29F2N2O3Si. The zero-order valence-electron chi connectivity index (χ0n) is 19.4. The van der Waals surface area contributed by atoms with Crippen molar-refractivity contribution in [2.45, 2.75) is 39.0 Å². The molecule has 8 heteroatoms. The molecule has 33 heavy (non-hydrogen) atoms. The smallest absolute Gasteiger partial charge is 0.272 e. The van der Waals surface area contributed by atoms with Crippen LogP contribution in [0.15, 0.2) is 54.7 Å². The molecule has 0 amide bonds. The van der Waals surface area contributed by atoms with Crippen LogP contribution in [0.3, 0.4) is 0 Å².